The monoisotopic (exact) mass is 366 g/mol. The highest BCUT2D eigenvalue weighted by Crippen LogP contribution is 2.21. The van der Waals surface area contributed by atoms with E-state index in [-0.39, 0.29) is 18.0 Å². The number of carbonyl (C=O) groups excluding carboxylic acids is 2. The molecule has 1 aliphatic rings. The topological polar surface area (TPSA) is 87.9 Å². The third-order valence-corrected chi connectivity index (χ3v) is 4.31. The molecule has 1 unspecified atom stereocenters. The van der Waals surface area contributed by atoms with E-state index in [0.717, 1.165) is 12.1 Å². The molecule has 0 bridgehead atoms. The normalized spacial score (nSPS) is 16.8. The summed E-state index contributed by atoms with van der Waals surface area (Å²) in [5, 5.41) is 6.74. The summed E-state index contributed by atoms with van der Waals surface area (Å²) < 4.78 is 10.6. The number of hydrogen-bond donors (Lipinski definition) is 1. The van der Waals surface area contributed by atoms with Gasteiger partial charge in [-0.05, 0) is 33.6 Å². The largest absolute Gasteiger partial charge is 0.444 e. The standard InChI is InChI=1S/C18H30N4O4/c1-6-13(2)14-12-15(26-20-14)19-16(23)21-8-7-9-22(11-10-21)17(24)25-18(3,4)5/h12-13H,6-11H2,1-5H3,(H,19,23). The molecule has 1 aliphatic heterocycles. The fourth-order valence-corrected chi connectivity index (χ4v) is 2.60. The maximum absolute atomic E-state index is 12.5. The molecule has 0 saturated carbocycles. The molecule has 2 heterocycles. The molecule has 1 saturated heterocycles. The second kappa shape index (κ2) is 8.42. The molecule has 1 aromatic heterocycles. The van der Waals surface area contributed by atoms with Crippen LogP contribution in [0.25, 0.3) is 0 Å². The number of carbonyl (C=O) groups is 2. The second-order valence-corrected chi connectivity index (χ2v) is 7.66. The van der Waals surface area contributed by atoms with Gasteiger partial charge in [0, 0.05) is 38.2 Å². The minimum absolute atomic E-state index is 0.247. The smallest absolute Gasteiger partial charge is 0.410 e. The molecule has 8 heteroatoms. The minimum atomic E-state index is -0.528. The lowest BCUT2D eigenvalue weighted by atomic mass is 10.1. The van der Waals surface area contributed by atoms with Crippen molar-refractivity contribution in [2.75, 3.05) is 31.5 Å². The third kappa shape index (κ3) is 5.64. The summed E-state index contributed by atoms with van der Waals surface area (Å²) in [7, 11) is 0. The molecular formula is C18H30N4O4. The highest BCUT2D eigenvalue weighted by Gasteiger charge is 2.26. The number of urea groups is 1. The van der Waals surface area contributed by atoms with E-state index in [9.17, 15) is 9.59 Å². The zero-order valence-corrected chi connectivity index (χ0v) is 16.4. The summed E-state index contributed by atoms with van der Waals surface area (Å²) >= 11 is 0. The summed E-state index contributed by atoms with van der Waals surface area (Å²) in [6, 6.07) is 1.51. The molecule has 26 heavy (non-hydrogen) atoms. The van der Waals surface area contributed by atoms with Crippen molar-refractivity contribution < 1.29 is 18.8 Å². The van der Waals surface area contributed by atoms with Crippen molar-refractivity contribution in [3.05, 3.63) is 11.8 Å². The Labute approximate surface area is 154 Å². The van der Waals surface area contributed by atoms with Gasteiger partial charge in [0.2, 0.25) is 5.88 Å². The molecule has 0 spiro atoms. The van der Waals surface area contributed by atoms with Crippen LogP contribution in [-0.4, -0.2) is 58.9 Å². The molecule has 1 fully saturated rings. The fraction of sp³-hybridized carbons (Fsp3) is 0.722. The van der Waals surface area contributed by atoms with Gasteiger partial charge in [-0.25, -0.2) is 9.59 Å². The predicted octanol–water partition coefficient (Wildman–Crippen LogP) is 3.66. The lowest BCUT2D eigenvalue weighted by Gasteiger charge is -2.26. The van der Waals surface area contributed by atoms with Crippen molar-refractivity contribution in [2.24, 2.45) is 0 Å². The van der Waals surface area contributed by atoms with Gasteiger partial charge in [0.1, 0.15) is 5.60 Å². The van der Waals surface area contributed by atoms with Gasteiger partial charge in [-0.3, -0.25) is 5.32 Å². The number of hydrogen-bond acceptors (Lipinski definition) is 5. The first kappa shape index (κ1) is 20.1. The molecular weight excluding hydrogens is 336 g/mol. The Kier molecular flexibility index (Phi) is 6.50. The van der Waals surface area contributed by atoms with Crippen LogP contribution in [0.4, 0.5) is 15.5 Å². The summed E-state index contributed by atoms with van der Waals surface area (Å²) in [5.74, 6) is 0.628. The van der Waals surface area contributed by atoms with Gasteiger partial charge in [-0.2, -0.15) is 0 Å². The van der Waals surface area contributed by atoms with Crippen molar-refractivity contribution in [1.29, 1.82) is 0 Å². The molecule has 3 amide bonds. The Morgan fingerprint density at radius 2 is 1.92 bits per heavy atom. The maximum Gasteiger partial charge on any atom is 0.410 e. The zero-order chi connectivity index (χ0) is 19.3. The van der Waals surface area contributed by atoms with Crippen molar-refractivity contribution in [3.63, 3.8) is 0 Å². The van der Waals surface area contributed by atoms with Crippen molar-refractivity contribution >= 4 is 18.0 Å². The second-order valence-electron chi connectivity index (χ2n) is 7.66. The third-order valence-electron chi connectivity index (χ3n) is 4.31. The first-order valence-electron chi connectivity index (χ1n) is 9.20. The Hall–Kier alpha value is -2.25. The SMILES string of the molecule is CCC(C)c1cc(NC(=O)N2CCCN(C(=O)OC(C)(C)C)CC2)on1. The number of anilines is 1. The molecule has 1 aromatic rings. The highest BCUT2D eigenvalue weighted by molar-refractivity contribution is 5.88. The summed E-state index contributed by atoms with van der Waals surface area (Å²) in [6.45, 7) is 11.7. The van der Waals surface area contributed by atoms with Gasteiger partial charge in [0.25, 0.3) is 0 Å². The van der Waals surface area contributed by atoms with Crippen LogP contribution in [0.15, 0.2) is 10.6 Å². The van der Waals surface area contributed by atoms with E-state index in [4.69, 9.17) is 9.26 Å². The van der Waals surface area contributed by atoms with Gasteiger partial charge in [0.15, 0.2) is 0 Å². The van der Waals surface area contributed by atoms with Gasteiger partial charge in [0.05, 0.1) is 5.69 Å². The average molecular weight is 366 g/mol. The zero-order valence-electron chi connectivity index (χ0n) is 16.4. The summed E-state index contributed by atoms with van der Waals surface area (Å²) in [6.07, 6.45) is 1.31. The van der Waals surface area contributed by atoms with Crippen molar-refractivity contribution in [2.45, 2.75) is 59.0 Å². The predicted molar refractivity (Wildman–Crippen MR) is 98.2 cm³/mol. The van der Waals surface area contributed by atoms with E-state index in [1.165, 1.54) is 0 Å². The first-order chi connectivity index (χ1) is 12.2. The lowest BCUT2D eigenvalue weighted by molar-refractivity contribution is 0.0259. The molecule has 2 rings (SSSR count). The lowest BCUT2D eigenvalue weighted by Crippen LogP contribution is -2.41. The van der Waals surface area contributed by atoms with Gasteiger partial charge < -0.3 is 19.1 Å². The number of nitrogens with one attached hydrogen (secondary N) is 1. The van der Waals surface area contributed by atoms with Crippen molar-refractivity contribution in [1.82, 2.24) is 15.0 Å². The van der Waals surface area contributed by atoms with Crippen LogP contribution in [0, 0.1) is 0 Å². The molecule has 0 radical (unpaired) electrons. The van der Waals surface area contributed by atoms with Crippen LogP contribution in [0.1, 0.15) is 59.1 Å². The molecule has 0 aliphatic carbocycles. The van der Waals surface area contributed by atoms with Gasteiger partial charge in [-0.1, -0.05) is 19.0 Å². The molecule has 1 atom stereocenters. The summed E-state index contributed by atoms with van der Waals surface area (Å²) in [5.41, 5.74) is 0.301. The van der Waals surface area contributed by atoms with E-state index in [0.29, 0.717) is 38.5 Å². The highest BCUT2D eigenvalue weighted by atomic mass is 16.6. The van der Waals surface area contributed by atoms with E-state index in [2.05, 4.69) is 24.3 Å². The summed E-state index contributed by atoms with van der Waals surface area (Å²) in [4.78, 5) is 28.0. The van der Waals surface area contributed by atoms with Gasteiger partial charge >= 0.3 is 12.1 Å². The van der Waals surface area contributed by atoms with Crippen LogP contribution in [0.5, 0.6) is 0 Å². The number of rotatable bonds is 3. The minimum Gasteiger partial charge on any atom is -0.444 e. The van der Waals surface area contributed by atoms with Crippen LogP contribution in [0.2, 0.25) is 0 Å². The van der Waals surface area contributed by atoms with E-state index in [1.807, 2.05) is 20.8 Å². The van der Waals surface area contributed by atoms with Crippen LogP contribution < -0.4 is 5.32 Å². The van der Waals surface area contributed by atoms with E-state index < -0.39 is 5.60 Å². The molecule has 146 valence electrons. The van der Waals surface area contributed by atoms with E-state index in [1.54, 1.807) is 15.9 Å². The Balaban J connectivity index is 1.89. The molecule has 0 aromatic carbocycles. The van der Waals surface area contributed by atoms with Crippen LogP contribution in [-0.2, 0) is 4.74 Å². The first-order valence-corrected chi connectivity index (χ1v) is 9.20. The Morgan fingerprint density at radius 3 is 2.58 bits per heavy atom. The van der Waals surface area contributed by atoms with E-state index >= 15 is 0 Å². The van der Waals surface area contributed by atoms with Gasteiger partial charge in [-0.15, -0.1) is 0 Å². The Bertz CT molecular complexity index is 623. The van der Waals surface area contributed by atoms with Crippen LogP contribution in [0.3, 0.4) is 0 Å². The average Bonchev–Trinajstić information content (AvgIpc) is 2.87. The maximum atomic E-state index is 12.5. The fourth-order valence-electron chi connectivity index (χ4n) is 2.60. The number of amides is 3. The number of ether oxygens (including phenoxy) is 1. The van der Waals surface area contributed by atoms with Crippen molar-refractivity contribution in [3.8, 4) is 0 Å². The Morgan fingerprint density at radius 1 is 1.27 bits per heavy atom. The molecule has 1 N–H and O–H groups in total. The van der Waals surface area contributed by atoms with Crippen LogP contribution >= 0.6 is 0 Å². The number of nitrogens with zero attached hydrogens (tertiary/aromatic N) is 3. The quantitative estimate of drug-likeness (QED) is 0.882. The number of aromatic nitrogens is 1. The molecule has 8 nitrogen and oxygen atoms in total.